The molecule has 1 saturated heterocycles. The van der Waals surface area contributed by atoms with Crippen LogP contribution in [0.5, 0.6) is 0 Å². The molecule has 114 valence electrons. The Bertz CT molecular complexity index is 417. The topological polar surface area (TPSA) is 55.6 Å². The molecule has 3 rings (SSSR count). The predicted octanol–water partition coefficient (Wildman–Crippen LogP) is 1.78. The first-order valence-electron chi connectivity index (χ1n) is 8.01. The van der Waals surface area contributed by atoms with Gasteiger partial charge in [-0.1, -0.05) is 13.8 Å². The predicted molar refractivity (Wildman–Crippen MR) is 78.1 cm³/mol. The summed E-state index contributed by atoms with van der Waals surface area (Å²) >= 11 is 0. The lowest BCUT2D eigenvalue weighted by molar-refractivity contribution is -0.186. The van der Waals surface area contributed by atoms with E-state index in [0.717, 1.165) is 19.6 Å². The molecule has 3 atom stereocenters. The third kappa shape index (κ3) is 1.77. The number of carbonyl (C=O) groups excluding carboxylic acids is 1. The molecule has 0 aromatic rings. The third-order valence-electron chi connectivity index (χ3n) is 5.84. The summed E-state index contributed by atoms with van der Waals surface area (Å²) in [7, 11) is 0. The van der Waals surface area contributed by atoms with Crippen LogP contribution in [0.2, 0.25) is 0 Å². The van der Waals surface area contributed by atoms with Crippen molar-refractivity contribution in [2.75, 3.05) is 13.2 Å². The Morgan fingerprint density at radius 1 is 1.35 bits per heavy atom. The summed E-state index contributed by atoms with van der Waals surface area (Å²) in [5.41, 5.74) is 5.67. The first kappa shape index (κ1) is 14.3. The van der Waals surface area contributed by atoms with Crippen LogP contribution in [-0.4, -0.2) is 41.6 Å². The van der Waals surface area contributed by atoms with Crippen molar-refractivity contribution in [2.45, 2.75) is 64.6 Å². The van der Waals surface area contributed by atoms with Gasteiger partial charge in [0.2, 0.25) is 5.91 Å². The van der Waals surface area contributed by atoms with E-state index < -0.39 is 5.54 Å². The maximum Gasteiger partial charge on any atom is 0.243 e. The fourth-order valence-electron chi connectivity index (χ4n) is 4.16. The van der Waals surface area contributed by atoms with E-state index in [0.29, 0.717) is 5.92 Å². The molecule has 1 aliphatic heterocycles. The number of nitrogens with zero attached hydrogens (tertiary/aromatic N) is 1. The second-order valence-electron chi connectivity index (χ2n) is 7.77. The minimum atomic E-state index is -0.743. The molecule has 0 bridgehead atoms. The van der Waals surface area contributed by atoms with Crippen LogP contribution < -0.4 is 5.73 Å². The van der Waals surface area contributed by atoms with Gasteiger partial charge in [0.15, 0.2) is 0 Å². The lowest BCUT2D eigenvalue weighted by Crippen LogP contribution is -2.80. The highest BCUT2D eigenvalue weighted by atomic mass is 16.5. The van der Waals surface area contributed by atoms with Crippen molar-refractivity contribution in [1.29, 1.82) is 0 Å². The molecule has 4 nitrogen and oxygen atoms in total. The van der Waals surface area contributed by atoms with Gasteiger partial charge in [0, 0.05) is 30.5 Å². The van der Waals surface area contributed by atoms with Gasteiger partial charge in [-0.05, 0) is 39.0 Å². The van der Waals surface area contributed by atoms with E-state index in [9.17, 15) is 4.79 Å². The molecule has 1 heterocycles. The highest BCUT2D eigenvalue weighted by Gasteiger charge is 2.72. The molecular weight excluding hydrogens is 252 g/mol. The molecular formula is C16H28N2O2. The largest absolute Gasteiger partial charge is 0.377 e. The Morgan fingerprint density at radius 3 is 2.55 bits per heavy atom. The summed E-state index contributed by atoms with van der Waals surface area (Å²) in [6, 6.07) is 0.223. The number of hydrogen-bond donors (Lipinski definition) is 1. The van der Waals surface area contributed by atoms with Crippen molar-refractivity contribution < 1.29 is 9.53 Å². The van der Waals surface area contributed by atoms with Crippen LogP contribution in [0.3, 0.4) is 0 Å². The number of fused-ring (bicyclic) bond motifs is 1. The van der Waals surface area contributed by atoms with E-state index >= 15 is 0 Å². The van der Waals surface area contributed by atoms with Gasteiger partial charge in [0.05, 0.1) is 6.10 Å². The molecule has 3 fully saturated rings. The second kappa shape index (κ2) is 4.44. The summed E-state index contributed by atoms with van der Waals surface area (Å²) in [6.45, 7) is 10.00. The van der Waals surface area contributed by atoms with Crippen molar-refractivity contribution in [3.8, 4) is 0 Å². The summed E-state index contributed by atoms with van der Waals surface area (Å²) < 4.78 is 5.80. The van der Waals surface area contributed by atoms with Crippen LogP contribution in [0.25, 0.3) is 0 Å². The zero-order valence-corrected chi connectivity index (χ0v) is 13.2. The van der Waals surface area contributed by atoms with E-state index in [2.05, 4.69) is 27.7 Å². The number of hydrogen-bond acceptors (Lipinski definition) is 3. The standard InChI is InChI=1S/C16H28N2O2/c1-10(2)18(9-11-5-6-11)14(19)16(17)12-7-8-20-13(12)15(16,3)4/h10-13H,5-9,17H2,1-4H3. The van der Waals surface area contributed by atoms with Crippen LogP contribution in [0.1, 0.15) is 47.0 Å². The van der Waals surface area contributed by atoms with Crippen molar-refractivity contribution in [3.05, 3.63) is 0 Å². The Kier molecular flexibility index (Phi) is 3.18. The molecule has 3 unspecified atom stereocenters. The van der Waals surface area contributed by atoms with Gasteiger partial charge in [-0.2, -0.15) is 0 Å². The lowest BCUT2D eigenvalue weighted by atomic mass is 9.47. The molecule has 0 aromatic heterocycles. The first-order chi connectivity index (χ1) is 9.30. The van der Waals surface area contributed by atoms with Crippen molar-refractivity contribution in [2.24, 2.45) is 23.0 Å². The maximum atomic E-state index is 13.2. The SMILES string of the molecule is CC(C)N(CC1CC1)C(=O)C1(N)C2CCOC2C1(C)C. The smallest absolute Gasteiger partial charge is 0.243 e. The summed E-state index contributed by atoms with van der Waals surface area (Å²) in [5.74, 6) is 1.05. The summed E-state index contributed by atoms with van der Waals surface area (Å²) in [5, 5.41) is 0. The maximum absolute atomic E-state index is 13.2. The zero-order valence-electron chi connectivity index (χ0n) is 13.2. The minimum absolute atomic E-state index is 0.149. The molecule has 1 amide bonds. The number of ether oxygens (including phenoxy) is 1. The van der Waals surface area contributed by atoms with Gasteiger partial charge in [-0.3, -0.25) is 4.79 Å². The van der Waals surface area contributed by atoms with Crippen molar-refractivity contribution >= 4 is 5.91 Å². The highest BCUT2D eigenvalue weighted by molar-refractivity contribution is 5.90. The molecule has 2 saturated carbocycles. The summed E-state index contributed by atoms with van der Waals surface area (Å²) in [6.07, 6.45) is 3.59. The molecule has 0 spiro atoms. The fourth-order valence-corrected chi connectivity index (χ4v) is 4.16. The van der Waals surface area contributed by atoms with E-state index in [1.54, 1.807) is 0 Å². The van der Waals surface area contributed by atoms with E-state index in [4.69, 9.17) is 10.5 Å². The monoisotopic (exact) mass is 280 g/mol. The van der Waals surface area contributed by atoms with E-state index in [-0.39, 0.29) is 29.4 Å². The van der Waals surface area contributed by atoms with Crippen LogP contribution in [0.4, 0.5) is 0 Å². The quantitative estimate of drug-likeness (QED) is 0.854. The number of amides is 1. The van der Waals surface area contributed by atoms with Gasteiger partial charge < -0.3 is 15.4 Å². The number of rotatable bonds is 4. The second-order valence-corrected chi connectivity index (χ2v) is 7.77. The molecule has 2 aliphatic carbocycles. The van der Waals surface area contributed by atoms with Crippen LogP contribution in [0, 0.1) is 17.3 Å². The van der Waals surface area contributed by atoms with Crippen molar-refractivity contribution in [1.82, 2.24) is 4.90 Å². The van der Waals surface area contributed by atoms with Gasteiger partial charge in [-0.25, -0.2) is 0 Å². The van der Waals surface area contributed by atoms with Gasteiger partial charge in [0.25, 0.3) is 0 Å². The lowest BCUT2D eigenvalue weighted by Gasteiger charge is -2.62. The Morgan fingerprint density at radius 2 is 2.00 bits per heavy atom. The normalized spacial score (nSPS) is 38.5. The fraction of sp³-hybridized carbons (Fsp3) is 0.938. The molecule has 20 heavy (non-hydrogen) atoms. The molecule has 3 aliphatic rings. The summed E-state index contributed by atoms with van der Waals surface area (Å²) in [4.78, 5) is 15.2. The third-order valence-corrected chi connectivity index (χ3v) is 5.84. The Balaban J connectivity index is 1.83. The van der Waals surface area contributed by atoms with Crippen LogP contribution in [-0.2, 0) is 9.53 Å². The molecule has 0 aromatic carbocycles. The average Bonchev–Trinajstić information content (AvgIpc) is 3.07. The number of carbonyl (C=O) groups is 1. The number of nitrogens with two attached hydrogens (primary N) is 1. The van der Waals surface area contributed by atoms with Gasteiger partial charge in [-0.15, -0.1) is 0 Å². The minimum Gasteiger partial charge on any atom is -0.377 e. The van der Waals surface area contributed by atoms with E-state index in [1.165, 1.54) is 12.8 Å². The van der Waals surface area contributed by atoms with Crippen molar-refractivity contribution in [3.63, 3.8) is 0 Å². The van der Waals surface area contributed by atoms with Crippen LogP contribution >= 0.6 is 0 Å². The van der Waals surface area contributed by atoms with Crippen LogP contribution in [0.15, 0.2) is 0 Å². The molecule has 0 radical (unpaired) electrons. The highest BCUT2D eigenvalue weighted by Crippen LogP contribution is 2.58. The Hall–Kier alpha value is -0.610. The van der Waals surface area contributed by atoms with Gasteiger partial charge in [0.1, 0.15) is 5.54 Å². The molecule has 4 heteroatoms. The molecule has 2 N–H and O–H groups in total. The first-order valence-corrected chi connectivity index (χ1v) is 8.01. The Labute approximate surface area is 122 Å². The van der Waals surface area contributed by atoms with E-state index in [1.807, 2.05) is 4.90 Å². The average molecular weight is 280 g/mol. The zero-order chi connectivity index (χ0) is 14.7. The van der Waals surface area contributed by atoms with Gasteiger partial charge >= 0.3 is 0 Å².